The van der Waals surface area contributed by atoms with E-state index in [0.717, 1.165) is 25.1 Å². The van der Waals surface area contributed by atoms with Crippen LogP contribution in [0.15, 0.2) is 54.3 Å². The molecule has 6 heteroatoms. The zero-order chi connectivity index (χ0) is 22.0. The maximum absolute atomic E-state index is 12.6. The van der Waals surface area contributed by atoms with Crippen LogP contribution in [-0.4, -0.2) is 44.7 Å². The third kappa shape index (κ3) is 3.77. The lowest BCUT2D eigenvalue weighted by Crippen LogP contribution is -2.43. The van der Waals surface area contributed by atoms with Crippen molar-refractivity contribution in [2.24, 2.45) is 0 Å². The summed E-state index contributed by atoms with van der Waals surface area (Å²) in [7, 11) is 5.41. The van der Waals surface area contributed by atoms with Crippen LogP contribution in [-0.2, 0) is 10.2 Å². The topological polar surface area (TPSA) is 71.8 Å². The van der Waals surface area contributed by atoms with Gasteiger partial charge in [0.1, 0.15) is 5.76 Å². The second kappa shape index (κ2) is 8.44. The van der Waals surface area contributed by atoms with Crippen molar-refractivity contribution in [3.63, 3.8) is 0 Å². The number of fused-ring (bicyclic) bond motifs is 1. The smallest absolute Gasteiger partial charge is 0.343 e. The predicted octanol–water partition coefficient (Wildman–Crippen LogP) is 4.05. The second-order valence-electron chi connectivity index (χ2n) is 8.13. The molecular formula is C25H26N2O4. The van der Waals surface area contributed by atoms with Gasteiger partial charge in [-0.2, -0.15) is 5.26 Å². The van der Waals surface area contributed by atoms with Gasteiger partial charge >= 0.3 is 5.97 Å². The molecule has 2 atom stereocenters. The molecule has 0 bridgehead atoms. The van der Waals surface area contributed by atoms with Crippen LogP contribution >= 0.6 is 0 Å². The average Bonchev–Trinajstić information content (AvgIpc) is 3.15. The van der Waals surface area contributed by atoms with Crippen molar-refractivity contribution >= 4 is 5.97 Å². The van der Waals surface area contributed by atoms with Gasteiger partial charge in [-0.15, -0.1) is 0 Å². The number of hydrogen-bond acceptors (Lipinski definition) is 6. The number of likely N-dealkylation sites (tertiary alicyclic amines) is 1. The Morgan fingerprint density at radius 1 is 1.13 bits per heavy atom. The van der Waals surface area contributed by atoms with E-state index in [-0.39, 0.29) is 11.5 Å². The number of esters is 1. The van der Waals surface area contributed by atoms with Gasteiger partial charge in [-0.1, -0.05) is 6.07 Å². The maximum atomic E-state index is 12.6. The number of carbonyl (C=O) groups excluding carboxylic acids is 1. The number of hydrogen-bond donors (Lipinski definition) is 0. The Kier molecular flexibility index (Phi) is 5.71. The van der Waals surface area contributed by atoms with Crippen molar-refractivity contribution in [1.82, 2.24) is 4.90 Å². The standard InChI is InChI=1S/C25H26N2O4/c1-27-13-12-25(19-8-9-21(29-2)22(14-19)30-3)11-10-20(15-23(25)27)31-24(28)18-6-4-17(16-26)5-7-18/h4-10,14,23H,11-13,15H2,1-3H3/t23-,25-/m0/s1. The number of benzene rings is 2. The summed E-state index contributed by atoms with van der Waals surface area (Å²) in [5.41, 5.74) is 2.11. The van der Waals surface area contributed by atoms with Crippen LogP contribution in [0.2, 0.25) is 0 Å². The summed E-state index contributed by atoms with van der Waals surface area (Å²) in [5, 5.41) is 8.93. The Labute approximate surface area is 182 Å². The lowest BCUT2D eigenvalue weighted by atomic mass is 9.68. The number of ether oxygens (including phenoxy) is 3. The molecule has 1 aliphatic heterocycles. The van der Waals surface area contributed by atoms with Gasteiger partial charge in [-0.25, -0.2) is 4.79 Å². The second-order valence-corrected chi connectivity index (χ2v) is 8.13. The minimum atomic E-state index is -0.394. The van der Waals surface area contributed by atoms with E-state index in [4.69, 9.17) is 19.5 Å². The molecule has 2 aromatic rings. The molecular weight excluding hydrogens is 392 g/mol. The fourth-order valence-electron chi connectivity index (χ4n) is 4.82. The number of nitriles is 1. The maximum Gasteiger partial charge on any atom is 0.343 e. The first kappa shape index (κ1) is 21.0. The van der Waals surface area contributed by atoms with E-state index in [1.807, 2.05) is 12.1 Å². The molecule has 1 saturated heterocycles. The highest BCUT2D eigenvalue weighted by Crippen LogP contribution is 2.49. The molecule has 0 spiro atoms. The summed E-state index contributed by atoms with van der Waals surface area (Å²) >= 11 is 0. The zero-order valence-electron chi connectivity index (χ0n) is 18.1. The van der Waals surface area contributed by atoms with Crippen LogP contribution in [0.4, 0.5) is 0 Å². The molecule has 1 aliphatic carbocycles. The van der Waals surface area contributed by atoms with Crippen molar-refractivity contribution in [2.75, 3.05) is 27.8 Å². The van der Waals surface area contributed by atoms with Crippen molar-refractivity contribution < 1.29 is 19.0 Å². The van der Waals surface area contributed by atoms with Crippen LogP contribution in [0.5, 0.6) is 11.5 Å². The van der Waals surface area contributed by atoms with Crippen molar-refractivity contribution in [1.29, 1.82) is 5.26 Å². The van der Waals surface area contributed by atoms with Crippen molar-refractivity contribution in [2.45, 2.75) is 30.7 Å². The first-order valence-electron chi connectivity index (χ1n) is 10.3. The molecule has 1 fully saturated rings. The van der Waals surface area contributed by atoms with E-state index in [9.17, 15) is 4.79 Å². The van der Waals surface area contributed by atoms with E-state index in [1.165, 1.54) is 5.56 Å². The van der Waals surface area contributed by atoms with Gasteiger partial charge in [-0.05, 0) is 74.5 Å². The minimum absolute atomic E-state index is 0.0569. The molecule has 1 heterocycles. The zero-order valence-corrected chi connectivity index (χ0v) is 18.1. The van der Waals surface area contributed by atoms with Crippen molar-refractivity contribution in [3.05, 3.63) is 71.0 Å². The highest BCUT2D eigenvalue weighted by atomic mass is 16.5. The number of rotatable bonds is 5. The predicted molar refractivity (Wildman–Crippen MR) is 116 cm³/mol. The number of likely N-dealkylation sites (N-methyl/N-ethyl adjacent to an activating group) is 1. The lowest BCUT2D eigenvalue weighted by Gasteiger charge is -2.40. The minimum Gasteiger partial charge on any atom is -0.493 e. The SMILES string of the molecule is COc1ccc([C@@]23CC=C(OC(=O)c4ccc(C#N)cc4)C[C@@H]2N(C)CC3)cc1OC. The third-order valence-corrected chi connectivity index (χ3v) is 6.60. The van der Waals surface area contributed by atoms with Crippen LogP contribution in [0.1, 0.15) is 40.7 Å². The van der Waals surface area contributed by atoms with Gasteiger partial charge in [-0.3, -0.25) is 0 Å². The molecule has 0 unspecified atom stereocenters. The van der Waals surface area contributed by atoms with Gasteiger partial charge < -0.3 is 19.1 Å². The summed E-state index contributed by atoms with van der Waals surface area (Å²) in [6.45, 7) is 0.976. The van der Waals surface area contributed by atoms with E-state index in [2.05, 4.69) is 30.1 Å². The summed E-state index contributed by atoms with van der Waals surface area (Å²) in [4.78, 5) is 14.9. The molecule has 0 saturated carbocycles. The van der Waals surface area contributed by atoms with Crippen LogP contribution in [0.3, 0.4) is 0 Å². The summed E-state index contributed by atoms with van der Waals surface area (Å²) in [6, 6.07) is 14.9. The number of nitrogens with zero attached hydrogens (tertiary/aromatic N) is 2. The van der Waals surface area contributed by atoms with E-state index >= 15 is 0 Å². The highest BCUT2D eigenvalue weighted by Gasteiger charge is 2.49. The molecule has 0 aromatic heterocycles. The molecule has 2 aromatic carbocycles. The Morgan fingerprint density at radius 3 is 2.55 bits per heavy atom. The first-order valence-corrected chi connectivity index (χ1v) is 10.3. The molecule has 0 amide bonds. The van der Waals surface area contributed by atoms with E-state index in [1.54, 1.807) is 38.5 Å². The Hall–Kier alpha value is -3.30. The van der Waals surface area contributed by atoms with Crippen LogP contribution in [0, 0.1) is 11.3 Å². The molecule has 160 valence electrons. The normalized spacial score (nSPS) is 22.8. The Bertz CT molecular complexity index is 1050. The number of allylic oxidation sites excluding steroid dienone is 1. The Balaban J connectivity index is 1.58. The number of methoxy groups -OCH3 is 2. The first-order chi connectivity index (χ1) is 15.0. The molecule has 0 N–H and O–H groups in total. The lowest BCUT2D eigenvalue weighted by molar-refractivity contribution is 0.0579. The summed E-state index contributed by atoms with van der Waals surface area (Å²) < 4.78 is 16.7. The molecule has 0 radical (unpaired) electrons. The monoisotopic (exact) mass is 418 g/mol. The largest absolute Gasteiger partial charge is 0.493 e. The summed E-state index contributed by atoms with van der Waals surface area (Å²) in [5.74, 6) is 1.75. The van der Waals surface area contributed by atoms with Gasteiger partial charge in [0, 0.05) is 17.9 Å². The van der Waals surface area contributed by atoms with Crippen LogP contribution < -0.4 is 9.47 Å². The molecule has 6 nitrogen and oxygen atoms in total. The fraction of sp³-hybridized carbons (Fsp3) is 0.360. The summed E-state index contributed by atoms with van der Waals surface area (Å²) in [6.07, 6.45) is 4.52. The van der Waals surface area contributed by atoms with Crippen molar-refractivity contribution in [3.8, 4) is 17.6 Å². The quantitative estimate of drug-likeness (QED) is 0.682. The van der Waals surface area contributed by atoms with Gasteiger partial charge in [0.15, 0.2) is 11.5 Å². The average molecular weight is 418 g/mol. The number of carbonyl (C=O) groups is 1. The molecule has 4 rings (SSSR count). The van der Waals surface area contributed by atoms with E-state index in [0.29, 0.717) is 29.1 Å². The van der Waals surface area contributed by atoms with Gasteiger partial charge in [0.25, 0.3) is 0 Å². The van der Waals surface area contributed by atoms with Crippen LogP contribution in [0.25, 0.3) is 0 Å². The Morgan fingerprint density at radius 2 is 1.87 bits per heavy atom. The molecule has 2 aliphatic rings. The molecule has 31 heavy (non-hydrogen) atoms. The highest BCUT2D eigenvalue weighted by molar-refractivity contribution is 5.90. The van der Waals surface area contributed by atoms with Gasteiger partial charge in [0.2, 0.25) is 0 Å². The van der Waals surface area contributed by atoms with E-state index < -0.39 is 5.97 Å². The fourth-order valence-corrected chi connectivity index (χ4v) is 4.82. The van der Waals surface area contributed by atoms with Gasteiger partial charge in [0.05, 0.1) is 31.4 Å². The third-order valence-electron chi connectivity index (χ3n) is 6.60.